The number of carbonyl (C=O) groups is 1. The van der Waals surface area contributed by atoms with Crippen molar-refractivity contribution in [1.82, 2.24) is 0 Å². The first kappa shape index (κ1) is 20.2. The monoisotopic (exact) mass is 312 g/mol. The highest BCUT2D eigenvalue weighted by Gasteiger charge is 2.05. The fraction of sp³-hybridized carbons (Fsp3) is 0.562. The van der Waals surface area contributed by atoms with Gasteiger partial charge in [-0.25, -0.2) is 0 Å². The molecule has 0 saturated heterocycles. The van der Waals surface area contributed by atoms with Gasteiger partial charge in [0, 0.05) is 0 Å². The summed E-state index contributed by atoms with van der Waals surface area (Å²) < 4.78 is 0. The fourth-order valence-electron chi connectivity index (χ4n) is 1.82. The van der Waals surface area contributed by atoms with E-state index in [0.29, 0.717) is 6.42 Å². The van der Waals surface area contributed by atoms with Gasteiger partial charge in [-0.2, -0.15) is 7.94 Å². The van der Waals surface area contributed by atoms with Gasteiger partial charge in [-0.05, 0) is 59.5 Å². The van der Waals surface area contributed by atoms with Gasteiger partial charge in [0.2, 0.25) is 0 Å². The molecule has 0 saturated carbocycles. The molecule has 0 aromatic heterocycles. The average Bonchev–Trinajstić information content (AvgIpc) is 2.25. The van der Waals surface area contributed by atoms with Crippen LogP contribution in [0.15, 0.2) is 34.9 Å². The summed E-state index contributed by atoms with van der Waals surface area (Å²) in [5.41, 5.74) is 3.41. The lowest BCUT2D eigenvalue weighted by Gasteiger charge is -2.40. The Labute approximate surface area is 128 Å². The molecule has 0 aliphatic heterocycles. The van der Waals surface area contributed by atoms with E-state index in [4.69, 9.17) is 0 Å². The normalized spacial score (nSPS) is 13.3. The van der Waals surface area contributed by atoms with E-state index in [-0.39, 0.29) is 0 Å². The van der Waals surface area contributed by atoms with E-state index in [1.54, 1.807) is 6.92 Å². The van der Waals surface area contributed by atoms with Gasteiger partial charge in [0.15, 0.2) is 5.78 Å². The highest BCUT2D eigenvalue weighted by molar-refractivity contribution is 7.55. The molecule has 21 heavy (non-hydrogen) atoms. The third kappa shape index (κ3) is 13.9. The molecule has 0 aromatic carbocycles. The van der Waals surface area contributed by atoms with Gasteiger partial charge in [-0.15, -0.1) is 0 Å². The SMILES string of the molecule is CC(C)=CCC/C(C)=C/CC/C(C)=C/C(=O)C[P+]([O-])([O-])[O-]. The molecule has 0 spiro atoms. The van der Waals surface area contributed by atoms with Crippen LogP contribution in [0.3, 0.4) is 0 Å². The summed E-state index contributed by atoms with van der Waals surface area (Å²) in [4.78, 5) is 42.7. The maximum atomic E-state index is 11.3. The van der Waals surface area contributed by atoms with E-state index in [1.165, 1.54) is 17.2 Å². The molecule has 0 atom stereocenters. The summed E-state index contributed by atoms with van der Waals surface area (Å²) in [7, 11) is -4.75. The Morgan fingerprint density at radius 1 is 0.905 bits per heavy atom. The number of allylic oxidation sites excluding steroid dienone is 6. The molecule has 0 aliphatic carbocycles. The Morgan fingerprint density at radius 2 is 1.43 bits per heavy atom. The summed E-state index contributed by atoms with van der Waals surface area (Å²) in [6, 6.07) is 0. The second kappa shape index (κ2) is 10.0. The van der Waals surface area contributed by atoms with Crippen molar-refractivity contribution in [2.75, 3.05) is 6.16 Å². The van der Waals surface area contributed by atoms with Gasteiger partial charge in [-0.3, -0.25) is 4.79 Å². The van der Waals surface area contributed by atoms with E-state index in [0.717, 1.165) is 24.8 Å². The van der Waals surface area contributed by atoms with Gasteiger partial charge in [-0.1, -0.05) is 28.9 Å². The summed E-state index contributed by atoms with van der Waals surface area (Å²) >= 11 is 0. The Bertz CT molecular complexity index is 424. The third-order valence-corrected chi connectivity index (χ3v) is 3.58. The minimum Gasteiger partial charge on any atom is -0.687 e. The molecule has 0 radical (unpaired) electrons. The molecule has 0 rings (SSSR count). The average molecular weight is 312 g/mol. The Kier molecular flexibility index (Phi) is 9.63. The second-order valence-electron chi connectivity index (χ2n) is 5.64. The first-order valence-corrected chi connectivity index (χ1v) is 8.83. The minimum atomic E-state index is -4.75. The molecule has 0 aromatic rings. The van der Waals surface area contributed by atoms with Gasteiger partial charge in [0.25, 0.3) is 0 Å². The van der Waals surface area contributed by atoms with E-state index >= 15 is 0 Å². The maximum absolute atomic E-state index is 11.3. The highest BCUT2D eigenvalue weighted by atomic mass is 31.2. The second-order valence-corrected chi connectivity index (χ2v) is 7.17. The van der Waals surface area contributed by atoms with Crippen LogP contribution in [-0.2, 0) is 4.79 Å². The maximum Gasteiger partial charge on any atom is 0.191 e. The van der Waals surface area contributed by atoms with Gasteiger partial charge in [0.05, 0.1) is 0 Å². The fourth-order valence-corrected chi connectivity index (χ4v) is 2.29. The molecule has 0 heterocycles. The zero-order chi connectivity index (χ0) is 16.5. The molecule has 4 nitrogen and oxygen atoms in total. The molecular formula is C16H25O4P-2. The molecule has 5 heteroatoms. The number of rotatable bonds is 9. The molecule has 0 N–H and O–H groups in total. The number of hydrogen-bond donors (Lipinski definition) is 0. The lowest BCUT2D eigenvalue weighted by molar-refractivity contribution is -0.426. The van der Waals surface area contributed by atoms with Crippen LogP contribution in [-0.4, -0.2) is 11.9 Å². The van der Waals surface area contributed by atoms with Crippen LogP contribution in [0.1, 0.15) is 53.4 Å². The van der Waals surface area contributed by atoms with Crippen LogP contribution in [0, 0.1) is 0 Å². The van der Waals surface area contributed by atoms with Crippen LogP contribution in [0.5, 0.6) is 0 Å². The van der Waals surface area contributed by atoms with E-state index in [2.05, 4.69) is 32.9 Å². The zero-order valence-electron chi connectivity index (χ0n) is 13.3. The predicted molar refractivity (Wildman–Crippen MR) is 82.2 cm³/mol. The number of ketones is 1. The van der Waals surface area contributed by atoms with Crippen molar-refractivity contribution in [3.05, 3.63) is 34.9 Å². The van der Waals surface area contributed by atoms with Crippen LogP contribution < -0.4 is 14.7 Å². The lowest BCUT2D eigenvalue weighted by atomic mass is 10.1. The summed E-state index contributed by atoms with van der Waals surface area (Å²) in [6.45, 7) is 8.00. The first-order valence-electron chi connectivity index (χ1n) is 7.10. The van der Waals surface area contributed by atoms with Crippen LogP contribution in [0.4, 0.5) is 0 Å². The van der Waals surface area contributed by atoms with Crippen LogP contribution in [0.25, 0.3) is 0 Å². The van der Waals surface area contributed by atoms with Crippen molar-refractivity contribution < 1.29 is 19.5 Å². The Hall–Kier alpha value is -0.800. The van der Waals surface area contributed by atoms with Crippen molar-refractivity contribution in [3.8, 4) is 0 Å². The summed E-state index contributed by atoms with van der Waals surface area (Å²) in [5.74, 6) is -0.634. The third-order valence-electron chi connectivity index (χ3n) is 2.88. The molecule has 0 fully saturated rings. The minimum absolute atomic E-state index is 0.634. The Morgan fingerprint density at radius 3 is 1.95 bits per heavy atom. The molecule has 0 bridgehead atoms. The Balaban J connectivity index is 4.15. The van der Waals surface area contributed by atoms with E-state index in [1.807, 2.05) is 0 Å². The van der Waals surface area contributed by atoms with Gasteiger partial charge < -0.3 is 14.7 Å². The van der Waals surface area contributed by atoms with Gasteiger partial charge >= 0.3 is 0 Å². The van der Waals surface area contributed by atoms with Crippen molar-refractivity contribution in [2.45, 2.75) is 53.4 Å². The molecular weight excluding hydrogens is 287 g/mol. The largest absolute Gasteiger partial charge is 0.687 e. The summed E-state index contributed by atoms with van der Waals surface area (Å²) in [5, 5.41) is 0. The topological polar surface area (TPSA) is 86.2 Å². The highest BCUT2D eigenvalue weighted by Crippen LogP contribution is 2.27. The van der Waals surface area contributed by atoms with Crippen molar-refractivity contribution in [2.24, 2.45) is 0 Å². The smallest absolute Gasteiger partial charge is 0.191 e. The lowest BCUT2D eigenvalue weighted by Crippen LogP contribution is -2.37. The van der Waals surface area contributed by atoms with Gasteiger partial charge in [0.1, 0.15) is 6.16 Å². The molecule has 0 unspecified atom stereocenters. The molecule has 0 amide bonds. The number of hydrogen-bond acceptors (Lipinski definition) is 4. The summed E-state index contributed by atoms with van der Waals surface area (Å²) in [6.07, 6.45) is 8.20. The van der Waals surface area contributed by atoms with Crippen LogP contribution >= 0.6 is 7.94 Å². The van der Waals surface area contributed by atoms with E-state index in [9.17, 15) is 19.5 Å². The first-order chi connectivity index (χ1) is 9.60. The predicted octanol–water partition coefficient (Wildman–Crippen LogP) is 1.82. The van der Waals surface area contributed by atoms with Crippen molar-refractivity contribution in [3.63, 3.8) is 0 Å². The van der Waals surface area contributed by atoms with E-state index < -0.39 is 19.9 Å². The standard InChI is InChI=1S/C16H27O4P/c1-13(2)7-5-8-14(3)9-6-10-15(4)11-16(17)12-21(18,19)20/h7,9,11H,5-6,8,10,12H2,1-4H3,(H2,18,19,20)/p-2/b14-9+,15-11+. The number of carbonyl (C=O) groups excluding carboxylic acids is 1. The van der Waals surface area contributed by atoms with Crippen LogP contribution in [0.2, 0.25) is 0 Å². The molecule has 0 aliphatic rings. The molecule has 120 valence electrons. The zero-order valence-corrected chi connectivity index (χ0v) is 14.2. The van der Waals surface area contributed by atoms with Crippen molar-refractivity contribution >= 4 is 13.7 Å². The quantitative estimate of drug-likeness (QED) is 0.369. The van der Waals surface area contributed by atoms with Crippen molar-refractivity contribution in [1.29, 1.82) is 0 Å².